The third-order valence-electron chi connectivity index (χ3n) is 3.43. The van der Waals surface area contributed by atoms with Gasteiger partial charge in [0.05, 0.1) is 10.3 Å². The fourth-order valence-corrected chi connectivity index (χ4v) is 6.34. The van der Waals surface area contributed by atoms with Gasteiger partial charge < -0.3 is 11.1 Å². The molecule has 1 amide bonds. The molecule has 1 aromatic heterocycles. The molecule has 1 saturated heterocycles. The molecule has 0 saturated carbocycles. The van der Waals surface area contributed by atoms with Gasteiger partial charge in [-0.15, -0.1) is 11.3 Å². The first-order valence-electron chi connectivity index (χ1n) is 6.59. The maximum Gasteiger partial charge on any atom is 0.253 e. The highest BCUT2D eigenvalue weighted by Crippen LogP contribution is 2.33. The van der Waals surface area contributed by atoms with Crippen molar-refractivity contribution in [2.75, 3.05) is 19.6 Å². The van der Waals surface area contributed by atoms with E-state index in [0.29, 0.717) is 12.8 Å². The number of primary amides is 1. The standard InChI is InChI=1S/C12H18BrN3O3S2/c1-8-6-11(20-12(8)13)21(18,19)16(7-10(14)17)9-2-4-15-5-3-9/h6,9,15H,2-5,7H2,1H3,(H2,14,17). The van der Waals surface area contributed by atoms with Crippen molar-refractivity contribution in [3.05, 3.63) is 15.4 Å². The number of amides is 1. The minimum atomic E-state index is -3.70. The number of aryl methyl sites for hydroxylation is 1. The molecule has 1 aliphatic rings. The fourth-order valence-electron chi connectivity index (χ4n) is 2.33. The van der Waals surface area contributed by atoms with E-state index in [2.05, 4.69) is 21.2 Å². The molecule has 0 bridgehead atoms. The monoisotopic (exact) mass is 395 g/mol. The molecule has 9 heteroatoms. The zero-order valence-corrected chi connectivity index (χ0v) is 14.9. The van der Waals surface area contributed by atoms with E-state index in [-0.39, 0.29) is 16.8 Å². The number of rotatable bonds is 5. The summed E-state index contributed by atoms with van der Waals surface area (Å²) in [6.07, 6.45) is 1.36. The Balaban J connectivity index is 2.35. The van der Waals surface area contributed by atoms with Crippen LogP contribution in [0.4, 0.5) is 0 Å². The van der Waals surface area contributed by atoms with E-state index in [1.165, 1.54) is 4.31 Å². The van der Waals surface area contributed by atoms with E-state index in [4.69, 9.17) is 5.73 Å². The average Bonchev–Trinajstić information content (AvgIpc) is 2.77. The Morgan fingerprint density at radius 2 is 2.14 bits per heavy atom. The first-order valence-corrected chi connectivity index (χ1v) is 9.64. The molecule has 0 spiro atoms. The summed E-state index contributed by atoms with van der Waals surface area (Å²) in [7, 11) is -3.70. The van der Waals surface area contributed by atoms with Crippen LogP contribution in [-0.4, -0.2) is 44.3 Å². The van der Waals surface area contributed by atoms with Gasteiger partial charge in [0.1, 0.15) is 4.21 Å². The van der Waals surface area contributed by atoms with Gasteiger partial charge in [-0.05, 0) is 60.4 Å². The zero-order chi connectivity index (χ0) is 15.6. The SMILES string of the molecule is Cc1cc(S(=O)(=O)N(CC(N)=O)C2CCNCC2)sc1Br. The Hall–Kier alpha value is -0.480. The molecule has 118 valence electrons. The van der Waals surface area contributed by atoms with Crippen molar-refractivity contribution < 1.29 is 13.2 Å². The molecule has 0 unspecified atom stereocenters. The lowest BCUT2D eigenvalue weighted by Crippen LogP contribution is -2.49. The van der Waals surface area contributed by atoms with Crippen LogP contribution in [0.5, 0.6) is 0 Å². The molecule has 2 heterocycles. The van der Waals surface area contributed by atoms with E-state index >= 15 is 0 Å². The van der Waals surface area contributed by atoms with Crippen LogP contribution in [0.25, 0.3) is 0 Å². The predicted octanol–water partition coefficient (Wildman–Crippen LogP) is 1.05. The van der Waals surface area contributed by atoms with Crippen molar-refractivity contribution >= 4 is 43.2 Å². The predicted molar refractivity (Wildman–Crippen MR) is 85.7 cm³/mol. The lowest BCUT2D eigenvalue weighted by Gasteiger charge is -2.32. The Morgan fingerprint density at radius 3 is 2.62 bits per heavy atom. The summed E-state index contributed by atoms with van der Waals surface area (Å²) in [5.41, 5.74) is 6.11. The molecule has 3 N–H and O–H groups in total. The Kier molecular flexibility index (Phi) is 5.42. The Morgan fingerprint density at radius 1 is 1.52 bits per heavy atom. The number of nitrogens with two attached hydrogens (primary N) is 1. The molecule has 6 nitrogen and oxygen atoms in total. The number of sulfonamides is 1. The quantitative estimate of drug-likeness (QED) is 0.778. The van der Waals surface area contributed by atoms with Gasteiger partial charge in [-0.25, -0.2) is 8.42 Å². The number of carbonyl (C=O) groups excluding carboxylic acids is 1. The molecular formula is C12H18BrN3O3S2. The third-order valence-corrected chi connectivity index (χ3v) is 7.91. The summed E-state index contributed by atoms with van der Waals surface area (Å²) in [6.45, 7) is 3.04. The summed E-state index contributed by atoms with van der Waals surface area (Å²) in [4.78, 5) is 11.3. The second kappa shape index (κ2) is 6.74. The first kappa shape index (κ1) is 16.9. The minimum Gasteiger partial charge on any atom is -0.369 e. The molecule has 0 radical (unpaired) electrons. The number of hydrogen-bond acceptors (Lipinski definition) is 5. The molecule has 21 heavy (non-hydrogen) atoms. The maximum absolute atomic E-state index is 12.8. The summed E-state index contributed by atoms with van der Waals surface area (Å²) < 4.78 is 27.9. The highest BCUT2D eigenvalue weighted by atomic mass is 79.9. The van der Waals surface area contributed by atoms with Gasteiger partial charge in [0.15, 0.2) is 0 Å². The van der Waals surface area contributed by atoms with Gasteiger partial charge in [0.25, 0.3) is 10.0 Å². The summed E-state index contributed by atoms with van der Waals surface area (Å²) in [5, 5.41) is 3.18. The lowest BCUT2D eigenvalue weighted by molar-refractivity contribution is -0.118. The van der Waals surface area contributed by atoms with E-state index in [1.54, 1.807) is 6.07 Å². The van der Waals surface area contributed by atoms with Crippen LogP contribution in [0.15, 0.2) is 14.1 Å². The van der Waals surface area contributed by atoms with Crippen molar-refractivity contribution in [2.45, 2.75) is 30.0 Å². The number of piperidine rings is 1. The van der Waals surface area contributed by atoms with Crippen molar-refractivity contribution in [3.8, 4) is 0 Å². The van der Waals surface area contributed by atoms with Crippen molar-refractivity contribution in [1.29, 1.82) is 0 Å². The van der Waals surface area contributed by atoms with Gasteiger partial charge in [0, 0.05) is 6.04 Å². The fraction of sp³-hybridized carbons (Fsp3) is 0.583. The van der Waals surface area contributed by atoms with E-state index in [1.807, 2.05) is 6.92 Å². The number of nitrogens with one attached hydrogen (secondary N) is 1. The second-order valence-corrected chi connectivity index (χ2v) is 9.51. The van der Waals surface area contributed by atoms with Crippen LogP contribution in [0.2, 0.25) is 0 Å². The third kappa shape index (κ3) is 3.84. The lowest BCUT2D eigenvalue weighted by atomic mass is 10.1. The van der Waals surface area contributed by atoms with Gasteiger partial charge >= 0.3 is 0 Å². The normalized spacial score (nSPS) is 17.3. The topological polar surface area (TPSA) is 92.5 Å². The Labute approximate surface area is 136 Å². The summed E-state index contributed by atoms with van der Waals surface area (Å²) in [6, 6.07) is 1.43. The highest BCUT2D eigenvalue weighted by Gasteiger charge is 2.34. The van der Waals surface area contributed by atoms with Crippen LogP contribution in [-0.2, 0) is 14.8 Å². The largest absolute Gasteiger partial charge is 0.369 e. The molecule has 0 aromatic carbocycles. The van der Waals surface area contributed by atoms with E-state index in [0.717, 1.165) is 33.8 Å². The molecule has 0 atom stereocenters. The van der Waals surface area contributed by atoms with Crippen LogP contribution >= 0.6 is 27.3 Å². The van der Waals surface area contributed by atoms with Crippen LogP contribution < -0.4 is 11.1 Å². The average molecular weight is 396 g/mol. The van der Waals surface area contributed by atoms with Crippen molar-refractivity contribution in [3.63, 3.8) is 0 Å². The van der Waals surface area contributed by atoms with Crippen molar-refractivity contribution in [2.24, 2.45) is 5.73 Å². The second-order valence-electron chi connectivity index (χ2n) is 5.02. The minimum absolute atomic E-state index is 0.190. The van der Waals surface area contributed by atoms with Crippen LogP contribution in [0, 0.1) is 6.92 Å². The number of thiophene rings is 1. The molecule has 1 aromatic rings. The highest BCUT2D eigenvalue weighted by molar-refractivity contribution is 9.11. The van der Waals surface area contributed by atoms with Gasteiger partial charge in [-0.1, -0.05) is 0 Å². The maximum atomic E-state index is 12.8. The van der Waals surface area contributed by atoms with Gasteiger partial charge in [-0.3, -0.25) is 4.79 Å². The number of hydrogen-bond donors (Lipinski definition) is 2. The van der Waals surface area contributed by atoms with Crippen LogP contribution in [0.1, 0.15) is 18.4 Å². The smallest absolute Gasteiger partial charge is 0.253 e. The number of carbonyl (C=O) groups is 1. The van der Waals surface area contributed by atoms with E-state index in [9.17, 15) is 13.2 Å². The summed E-state index contributed by atoms with van der Waals surface area (Å²) >= 11 is 4.50. The molecular weight excluding hydrogens is 378 g/mol. The molecule has 0 aliphatic carbocycles. The van der Waals surface area contributed by atoms with Gasteiger partial charge in [-0.2, -0.15) is 4.31 Å². The molecule has 1 fully saturated rings. The number of nitrogens with zero attached hydrogens (tertiary/aromatic N) is 1. The van der Waals surface area contributed by atoms with Gasteiger partial charge in [0.2, 0.25) is 5.91 Å². The molecule has 1 aliphatic heterocycles. The van der Waals surface area contributed by atoms with E-state index < -0.39 is 15.9 Å². The molecule has 2 rings (SSSR count). The summed E-state index contributed by atoms with van der Waals surface area (Å²) in [5.74, 6) is -0.635. The number of halogens is 1. The van der Waals surface area contributed by atoms with Crippen molar-refractivity contribution in [1.82, 2.24) is 9.62 Å². The van der Waals surface area contributed by atoms with Crippen LogP contribution in [0.3, 0.4) is 0 Å². The first-order chi connectivity index (χ1) is 9.82. The zero-order valence-electron chi connectivity index (χ0n) is 11.6. The Bertz CT molecular complexity index is 604.